The molecule has 0 atom stereocenters. The molecule has 1 aliphatic carbocycles. The summed E-state index contributed by atoms with van der Waals surface area (Å²) in [5.41, 5.74) is 0.241. The summed E-state index contributed by atoms with van der Waals surface area (Å²) in [5, 5.41) is 0. The van der Waals surface area contributed by atoms with Crippen LogP contribution in [0.15, 0.2) is 23.3 Å². The highest BCUT2D eigenvalue weighted by Gasteiger charge is 2.29. The van der Waals surface area contributed by atoms with Gasteiger partial charge < -0.3 is 0 Å². The van der Waals surface area contributed by atoms with Crippen molar-refractivity contribution in [3.8, 4) is 0 Å². The van der Waals surface area contributed by atoms with Crippen molar-refractivity contribution in [2.75, 3.05) is 0 Å². The number of alkyl halides is 2. The number of rotatable bonds is 0. The summed E-state index contributed by atoms with van der Waals surface area (Å²) in [6.45, 7) is 2.79. The lowest BCUT2D eigenvalue weighted by Gasteiger charge is -2.14. The summed E-state index contributed by atoms with van der Waals surface area (Å²) >= 11 is 0. The van der Waals surface area contributed by atoms with Gasteiger partial charge in [-0.3, -0.25) is 4.79 Å². The van der Waals surface area contributed by atoms with E-state index >= 15 is 0 Å². The Bertz CT molecular complexity index is 237. The predicted molar refractivity (Wildman–Crippen MR) is 37.5 cm³/mol. The first-order chi connectivity index (χ1) is 4.92. The van der Waals surface area contributed by atoms with Crippen LogP contribution in [-0.4, -0.2) is 11.7 Å². The highest BCUT2D eigenvalue weighted by Crippen LogP contribution is 2.26. The normalized spacial score (nSPS) is 22.7. The smallest absolute Gasteiger partial charge is 0.286 e. The van der Waals surface area contributed by atoms with E-state index in [-0.39, 0.29) is 16.9 Å². The van der Waals surface area contributed by atoms with Crippen molar-refractivity contribution in [1.82, 2.24) is 0 Å². The molecule has 0 radical (unpaired) electrons. The molecule has 0 aromatic carbocycles. The minimum atomic E-state index is -2.94. The molecular formula is C8H8F2O. The molecule has 60 valence electrons. The summed E-state index contributed by atoms with van der Waals surface area (Å²) in [4.78, 5) is 10.9. The first-order valence-corrected chi connectivity index (χ1v) is 3.24. The molecule has 1 aliphatic rings. The molecule has 3 heteroatoms. The van der Waals surface area contributed by atoms with E-state index in [4.69, 9.17) is 0 Å². The number of carbonyl (C=O) groups is 1. The van der Waals surface area contributed by atoms with Gasteiger partial charge in [-0.15, -0.1) is 0 Å². The summed E-state index contributed by atoms with van der Waals surface area (Å²) in [6.07, 6.45) is 1.37. The average molecular weight is 158 g/mol. The minimum absolute atomic E-state index is 0.120. The second-order valence-electron chi connectivity index (χ2n) is 2.66. The molecule has 0 unspecified atom stereocenters. The van der Waals surface area contributed by atoms with Crippen molar-refractivity contribution >= 4 is 5.78 Å². The lowest BCUT2D eigenvalue weighted by atomic mass is 9.97. The zero-order chi connectivity index (χ0) is 8.65. The van der Waals surface area contributed by atoms with Crippen molar-refractivity contribution in [3.63, 3.8) is 0 Å². The van der Waals surface area contributed by atoms with E-state index < -0.39 is 5.92 Å². The van der Waals surface area contributed by atoms with Gasteiger partial charge in [0.2, 0.25) is 0 Å². The third kappa shape index (κ3) is 1.53. The fraction of sp³-hybridized carbons (Fsp3) is 0.375. The van der Waals surface area contributed by atoms with Gasteiger partial charge in [0.15, 0.2) is 5.78 Å². The fourth-order valence-electron chi connectivity index (χ4n) is 1.06. The monoisotopic (exact) mass is 158 g/mol. The third-order valence-electron chi connectivity index (χ3n) is 1.53. The molecule has 0 heterocycles. The largest absolute Gasteiger partial charge is 0.289 e. The van der Waals surface area contributed by atoms with Crippen LogP contribution in [0.4, 0.5) is 8.78 Å². The standard InChI is InChI=1S/C8H8F2O/c1-5-3-8(9,10)4-6(2)7(5)11/h3-4H,1-2H3. The molecule has 1 rings (SSSR count). The van der Waals surface area contributed by atoms with Crippen molar-refractivity contribution in [2.24, 2.45) is 0 Å². The molecular weight excluding hydrogens is 150 g/mol. The molecule has 0 saturated heterocycles. The van der Waals surface area contributed by atoms with Crippen LogP contribution in [0.5, 0.6) is 0 Å². The number of ketones is 1. The van der Waals surface area contributed by atoms with E-state index in [0.29, 0.717) is 12.2 Å². The van der Waals surface area contributed by atoms with E-state index in [0.717, 1.165) is 0 Å². The lowest BCUT2D eigenvalue weighted by molar-refractivity contribution is -0.112. The Balaban J connectivity index is 3.08. The molecule has 0 saturated carbocycles. The van der Waals surface area contributed by atoms with E-state index in [1.54, 1.807) is 0 Å². The summed E-state index contributed by atoms with van der Waals surface area (Å²) in [6, 6.07) is 0. The van der Waals surface area contributed by atoms with E-state index in [1.807, 2.05) is 0 Å². The molecule has 0 amide bonds. The molecule has 0 N–H and O–H groups in total. The molecule has 0 aromatic rings. The van der Waals surface area contributed by atoms with Gasteiger partial charge in [0.05, 0.1) is 0 Å². The highest BCUT2D eigenvalue weighted by molar-refractivity contribution is 6.08. The van der Waals surface area contributed by atoms with Crippen molar-refractivity contribution < 1.29 is 13.6 Å². The van der Waals surface area contributed by atoms with E-state index in [9.17, 15) is 13.6 Å². The van der Waals surface area contributed by atoms with Crippen LogP contribution in [0.1, 0.15) is 13.8 Å². The third-order valence-corrected chi connectivity index (χ3v) is 1.53. The molecule has 0 bridgehead atoms. The number of hydrogen-bond donors (Lipinski definition) is 0. The zero-order valence-corrected chi connectivity index (χ0v) is 6.32. The van der Waals surface area contributed by atoms with Gasteiger partial charge in [-0.05, 0) is 37.1 Å². The van der Waals surface area contributed by atoms with Crippen LogP contribution in [0.25, 0.3) is 0 Å². The minimum Gasteiger partial charge on any atom is -0.289 e. The lowest BCUT2D eigenvalue weighted by Crippen LogP contribution is -2.19. The van der Waals surface area contributed by atoms with Crippen LogP contribution >= 0.6 is 0 Å². The van der Waals surface area contributed by atoms with Gasteiger partial charge in [-0.1, -0.05) is 0 Å². The number of Topliss-reactive ketones (excluding diaryl/α,β-unsaturated/α-hetero) is 1. The molecule has 0 spiro atoms. The summed E-state index contributed by atoms with van der Waals surface area (Å²) < 4.78 is 25.1. The Labute approximate surface area is 63.4 Å². The Morgan fingerprint density at radius 2 is 1.55 bits per heavy atom. The van der Waals surface area contributed by atoms with Gasteiger partial charge in [0.1, 0.15) is 0 Å². The number of hydrogen-bond acceptors (Lipinski definition) is 1. The van der Waals surface area contributed by atoms with Gasteiger partial charge >= 0.3 is 0 Å². The second kappa shape index (κ2) is 2.26. The van der Waals surface area contributed by atoms with Crippen molar-refractivity contribution in [2.45, 2.75) is 19.8 Å². The van der Waals surface area contributed by atoms with E-state index in [2.05, 4.69) is 0 Å². The molecule has 0 fully saturated rings. The first-order valence-electron chi connectivity index (χ1n) is 3.24. The second-order valence-corrected chi connectivity index (χ2v) is 2.66. The van der Waals surface area contributed by atoms with Crippen LogP contribution in [0.2, 0.25) is 0 Å². The van der Waals surface area contributed by atoms with Crippen LogP contribution in [0.3, 0.4) is 0 Å². The van der Waals surface area contributed by atoms with Gasteiger partial charge in [0.25, 0.3) is 5.92 Å². The Kier molecular flexibility index (Phi) is 1.66. The molecule has 11 heavy (non-hydrogen) atoms. The maximum absolute atomic E-state index is 12.6. The maximum atomic E-state index is 12.6. The predicted octanol–water partition coefficient (Wildman–Crippen LogP) is 2.10. The summed E-state index contributed by atoms with van der Waals surface area (Å²) in [5.74, 6) is -3.24. The Hall–Kier alpha value is -0.990. The van der Waals surface area contributed by atoms with E-state index in [1.165, 1.54) is 13.8 Å². The van der Waals surface area contributed by atoms with Gasteiger partial charge in [-0.25, -0.2) is 0 Å². The van der Waals surface area contributed by atoms with Gasteiger partial charge in [0, 0.05) is 0 Å². The first kappa shape index (κ1) is 8.11. The van der Waals surface area contributed by atoms with Gasteiger partial charge in [-0.2, -0.15) is 8.78 Å². The molecule has 0 aliphatic heterocycles. The quantitative estimate of drug-likeness (QED) is 0.527. The van der Waals surface area contributed by atoms with Crippen molar-refractivity contribution in [3.05, 3.63) is 23.3 Å². The SMILES string of the molecule is CC1=CC(F)(F)C=C(C)C1=O. The number of allylic oxidation sites excluding steroid dienone is 4. The van der Waals surface area contributed by atoms with Crippen LogP contribution in [-0.2, 0) is 4.79 Å². The van der Waals surface area contributed by atoms with Crippen molar-refractivity contribution in [1.29, 1.82) is 0 Å². The topological polar surface area (TPSA) is 17.1 Å². The highest BCUT2D eigenvalue weighted by atomic mass is 19.3. The fourth-order valence-corrected chi connectivity index (χ4v) is 1.06. The number of halogens is 2. The van der Waals surface area contributed by atoms with Crippen LogP contribution < -0.4 is 0 Å². The molecule has 0 aromatic heterocycles. The molecule has 1 nitrogen and oxygen atoms in total. The average Bonchev–Trinajstić information content (AvgIpc) is 1.81. The Morgan fingerprint density at radius 3 is 1.91 bits per heavy atom. The summed E-state index contributed by atoms with van der Waals surface area (Å²) in [7, 11) is 0. The zero-order valence-electron chi connectivity index (χ0n) is 6.32. The van der Waals surface area contributed by atoms with Crippen LogP contribution in [0, 0.1) is 0 Å². The maximum Gasteiger partial charge on any atom is 0.286 e. The number of carbonyl (C=O) groups excluding carboxylic acids is 1. The Morgan fingerprint density at radius 1 is 1.18 bits per heavy atom.